The van der Waals surface area contributed by atoms with Gasteiger partial charge in [-0.1, -0.05) is 39.3 Å². The van der Waals surface area contributed by atoms with Gasteiger partial charge in [0.25, 0.3) is 10.0 Å². The number of morpholine rings is 1. The van der Waals surface area contributed by atoms with Gasteiger partial charge in [0.1, 0.15) is 4.90 Å². The summed E-state index contributed by atoms with van der Waals surface area (Å²) in [6.45, 7) is 10.1. The lowest BCUT2D eigenvalue weighted by Gasteiger charge is -2.27. The average Bonchev–Trinajstić information content (AvgIpc) is 2.74. The quantitative estimate of drug-likeness (QED) is 0.646. The predicted octanol–water partition coefficient (Wildman–Crippen LogP) is 3.72. The van der Waals surface area contributed by atoms with Gasteiger partial charge in [-0.15, -0.1) is 5.10 Å². The largest absolute Gasteiger partial charge is 0.378 e. The van der Waals surface area contributed by atoms with Crippen molar-refractivity contribution in [1.82, 2.24) is 14.9 Å². The van der Waals surface area contributed by atoms with Crippen LogP contribution in [0.15, 0.2) is 29.3 Å². The van der Waals surface area contributed by atoms with Crippen LogP contribution in [0.2, 0.25) is 5.02 Å². The first-order chi connectivity index (χ1) is 15.1. The van der Waals surface area contributed by atoms with Crippen molar-refractivity contribution in [2.75, 3.05) is 36.5 Å². The molecule has 0 aliphatic carbocycles. The molecule has 0 atom stereocenters. The second kappa shape index (κ2) is 10.0. The molecule has 1 saturated heterocycles. The number of ether oxygens (including phenoxy) is 1. The number of hydrogen-bond acceptors (Lipinski definition) is 7. The van der Waals surface area contributed by atoms with Crippen molar-refractivity contribution < 1.29 is 17.9 Å². The first kappa shape index (κ1) is 24.2. The zero-order chi connectivity index (χ0) is 23.5. The predicted molar refractivity (Wildman–Crippen MR) is 124 cm³/mol. The molecule has 2 N–H and O–H groups in total. The van der Waals surface area contributed by atoms with E-state index in [4.69, 9.17) is 16.3 Å². The summed E-state index contributed by atoms with van der Waals surface area (Å²) in [7, 11) is -4.16. The molecule has 0 radical (unpaired) electrons. The van der Waals surface area contributed by atoms with Crippen LogP contribution in [0.4, 0.5) is 16.3 Å². The number of halogens is 1. The topological polar surface area (TPSA) is 114 Å². The fourth-order valence-electron chi connectivity index (χ4n) is 3.46. The van der Waals surface area contributed by atoms with Crippen molar-refractivity contribution >= 4 is 39.2 Å². The standard InChI is InChI=1S/C21H28ClN5O4S/c1-13(2)17-9-15(22)10-18(14(3)4)20(17)24-21(28)26-32(29,30)16-11-19(25-23-12-16)27-5-7-31-8-6-27/h9-14H,5-8H2,1-4H3,(H2,24,26,28). The normalized spacial score (nSPS) is 14.7. The Hall–Kier alpha value is -2.43. The highest BCUT2D eigenvalue weighted by Gasteiger charge is 2.23. The van der Waals surface area contributed by atoms with Crippen LogP contribution in [-0.4, -0.2) is 50.9 Å². The second-order valence-electron chi connectivity index (χ2n) is 8.18. The lowest BCUT2D eigenvalue weighted by atomic mass is 9.92. The van der Waals surface area contributed by atoms with Crippen LogP contribution in [0.25, 0.3) is 0 Å². The van der Waals surface area contributed by atoms with E-state index in [2.05, 4.69) is 20.2 Å². The molecule has 1 aliphatic heterocycles. The van der Waals surface area contributed by atoms with E-state index in [1.54, 1.807) is 12.1 Å². The molecule has 32 heavy (non-hydrogen) atoms. The Kier molecular flexibility index (Phi) is 7.58. The molecule has 174 valence electrons. The van der Waals surface area contributed by atoms with Gasteiger partial charge in [-0.3, -0.25) is 0 Å². The minimum atomic E-state index is -4.16. The molecule has 1 aromatic carbocycles. The highest BCUT2D eigenvalue weighted by Crippen LogP contribution is 2.35. The van der Waals surface area contributed by atoms with Crippen molar-refractivity contribution in [3.05, 3.63) is 40.5 Å². The minimum Gasteiger partial charge on any atom is -0.378 e. The van der Waals surface area contributed by atoms with Crippen LogP contribution in [0, 0.1) is 0 Å². The maximum Gasteiger partial charge on any atom is 0.333 e. The number of sulfonamides is 1. The van der Waals surface area contributed by atoms with E-state index in [0.717, 1.165) is 17.3 Å². The van der Waals surface area contributed by atoms with Crippen molar-refractivity contribution in [3.8, 4) is 0 Å². The molecule has 1 fully saturated rings. The Morgan fingerprint density at radius 2 is 1.69 bits per heavy atom. The number of amides is 2. The molecular weight excluding hydrogens is 454 g/mol. The van der Waals surface area contributed by atoms with Crippen molar-refractivity contribution in [2.45, 2.75) is 44.4 Å². The molecule has 0 unspecified atom stereocenters. The molecule has 9 nitrogen and oxygen atoms in total. The smallest absolute Gasteiger partial charge is 0.333 e. The van der Waals surface area contributed by atoms with E-state index in [1.807, 2.05) is 32.6 Å². The average molecular weight is 482 g/mol. The number of carbonyl (C=O) groups excluding carboxylic acids is 1. The van der Waals surface area contributed by atoms with E-state index in [0.29, 0.717) is 42.8 Å². The highest BCUT2D eigenvalue weighted by molar-refractivity contribution is 7.90. The maximum absolute atomic E-state index is 12.9. The molecule has 3 rings (SSSR count). The Labute approximate surface area is 193 Å². The Morgan fingerprint density at radius 3 is 2.25 bits per heavy atom. The Balaban J connectivity index is 1.83. The van der Waals surface area contributed by atoms with E-state index in [1.165, 1.54) is 6.07 Å². The molecule has 0 bridgehead atoms. The Bertz CT molecular complexity index is 1060. The fourth-order valence-corrected chi connectivity index (χ4v) is 4.55. The lowest BCUT2D eigenvalue weighted by molar-refractivity contribution is 0.122. The van der Waals surface area contributed by atoms with Crippen LogP contribution in [0.3, 0.4) is 0 Å². The number of benzene rings is 1. The van der Waals surface area contributed by atoms with E-state index < -0.39 is 16.1 Å². The summed E-state index contributed by atoms with van der Waals surface area (Å²) in [6, 6.07) is 4.10. The van der Waals surface area contributed by atoms with E-state index in [-0.39, 0.29) is 16.7 Å². The number of nitrogens with zero attached hydrogens (tertiary/aromatic N) is 3. The number of urea groups is 1. The summed E-state index contributed by atoms with van der Waals surface area (Å²) in [4.78, 5) is 14.5. The van der Waals surface area contributed by atoms with Crippen LogP contribution in [-0.2, 0) is 14.8 Å². The monoisotopic (exact) mass is 481 g/mol. The van der Waals surface area contributed by atoms with E-state index >= 15 is 0 Å². The van der Waals surface area contributed by atoms with Gasteiger partial charge in [0.05, 0.1) is 19.4 Å². The van der Waals surface area contributed by atoms with Crippen LogP contribution in [0.1, 0.15) is 50.7 Å². The van der Waals surface area contributed by atoms with E-state index in [9.17, 15) is 13.2 Å². The third-order valence-electron chi connectivity index (χ3n) is 5.14. The first-order valence-electron chi connectivity index (χ1n) is 10.4. The van der Waals surface area contributed by atoms with Gasteiger partial charge in [-0.25, -0.2) is 17.9 Å². The molecular formula is C21H28ClN5O4S. The molecule has 0 spiro atoms. The number of carbonyl (C=O) groups is 1. The summed E-state index contributed by atoms with van der Waals surface area (Å²) in [5.74, 6) is 0.552. The van der Waals surface area contributed by atoms with Crippen molar-refractivity contribution in [2.24, 2.45) is 0 Å². The van der Waals surface area contributed by atoms with Gasteiger partial charge >= 0.3 is 6.03 Å². The van der Waals surface area contributed by atoms with Gasteiger partial charge in [0, 0.05) is 29.9 Å². The van der Waals surface area contributed by atoms with Gasteiger partial charge in [-0.05, 0) is 35.1 Å². The summed E-state index contributed by atoms with van der Waals surface area (Å²) < 4.78 is 33.1. The summed E-state index contributed by atoms with van der Waals surface area (Å²) >= 11 is 6.26. The molecule has 11 heteroatoms. The SMILES string of the molecule is CC(C)c1cc(Cl)cc(C(C)C)c1NC(=O)NS(=O)(=O)c1cnnc(N2CCOCC2)c1. The summed E-state index contributed by atoms with van der Waals surface area (Å²) in [5, 5.41) is 11.1. The number of aromatic nitrogens is 2. The zero-order valence-electron chi connectivity index (χ0n) is 18.6. The second-order valence-corrected chi connectivity index (χ2v) is 10.3. The summed E-state index contributed by atoms with van der Waals surface area (Å²) in [5.41, 5.74) is 2.22. The molecule has 2 heterocycles. The fraction of sp³-hybridized carbons (Fsp3) is 0.476. The third kappa shape index (κ3) is 5.67. The lowest BCUT2D eigenvalue weighted by Crippen LogP contribution is -2.37. The van der Waals surface area contributed by atoms with Gasteiger partial charge < -0.3 is 15.0 Å². The molecule has 2 amide bonds. The molecule has 1 aromatic heterocycles. The number of hydrogen-bond donors (Lipinski definition) is 2. The molecule has 0 saturated carbocycles. The van der Waals surface area contributed by atoms with Gasteiger partial charge in [0.15, 0.2) is 5.82 Å². The zero-order valence-corrected chi connectivity index (χ0v) is 20.1. The molecule has 1 aliphatic rings. The molecule has 2 aromatic rings. The van der Waals surface area contributed by atoms with Crippen molar-refractivity contribution in [1.29, 1.82) is 0 Å². The number of nitrogens with one attached hydrogen (secondary N) is 2. The van der Waals surface area contributed by atoms with Crippen molar-refractivity contribution in [3.63, 3.8) is 0 Å². The number of rotatable bonds is 6. The number of anilines is 2. The van der Waals surface area contributed by atoms with Crippen LogP contribution in [0.5, 0.6) is 0 Å². The van der Waals surface area contributed by atoms with Gasteiger partial charge in [0.2, 0.25) is 0 Å². The summed E-state index contributed by atoms with van der Waals surface area (Å²) in [6.07, 6.45) is 1.11. The third-order valence-corrected chi connectivity index (χ3v) is 6.65. The maximum atomic E-state index is 12.9. The highest BCUT2D eigenvalue weighted by atomic mass is 35.5. The Morgan fingerprint density at radius 1 is 1.09 bits per heavy atom. The first-order valence-corrected chi connectivity index (χ1v) is 12.3. The van der Waals surface area contributed by atoms with Crippen LogP contribution < -0.4 is 14.9 Å². The van der Waals surface area contributed by atoms with Gasteiger partial charge in [-0.2, -0.15) is 5.10 Å². The minimum absolute atomic E-state index is 0.0681. The van der Waals surface area contributed by atoms with Crippen LogP contribution >= 0.6 is 11.6 Å².